The minimum absolute atomic E-state index is 0.634. The lowest BCUT2D eigenvalue weighted by atomic mass is 10.2. The van der Waals surface area contributed by atoms with Gasteiger partial charge in [-0.3, -0.25) is 4.79 Å². The van der Waals surface area contributed by atoms with Crippen LogP contribution in [0.1, 0.15) is 12.6 Å². The highest BCUT2D eigenvalue weighted by molar-refractivity contribution is 7.13. The minimum Gasteiger partial charge on any atom is -0.480 e. The molecule has 0 bridgehead atoms. The molecule has 2 heterocycles. The maximum Gasteiger partial charge on any atom is 0.325 e. The summed E-state index contributed by atoms with van der Waals surface area (Å²) < 4.78 is 4.20. The standard InChI is InChI=1S/C10H11N3O2S/c1-5-8-7(12-6(2)10(14)15)3-4-11-9(8)16-13-5/h3-4,6H,1-2H3,(H,11,12)(H,14,15). The van der Waals surface area contributed by atoms with Gasteiger partial charge in [-0.2, -0.15) is 4.37 Å². The molecule has 6 heteroatoms. The number of aryl methyl sites for hydroxylation is 1. The van der Waals surface area contributed by atoms with Crippen LogP contribution in [0.25, 0.3) is 10.2 Å². The molecule has 1 unspecified atom stereocenters. The maximum absolute atomic E-state index is 10.8. The number of pyridine rings is 1. The summed E-state index contributed by atoms with van der Waals surface area (Å²) in [6.07, 6.45) is 1.65. The molecular weight excluding hydrogens is 226 g/mol. The summed E-state index contributed by atoms with van der Waals surface area (Å²) in [5, 5.41) is 12.7. The van der Waals surface area contributed by atoms with Gasteiger partial charge in [0.25, 0.3) is 0 Å². The van der Waals surface area contributed by atoms with Crippen molar-refractivity contribution in [3.8, 4) is 0 Å². The molecule has 0 saturated heterocycles. The number of carbonyl (C=O) groups is 1. The number of anilines is 1. The number of hydrogen-bond donors (Lipinski definition) is 2. The van der Waals surface area contributed by atoms with Gasteiger partial charge < -0.3 is 10.4 Å². The third-order valence-corrected chi connectivity index (χ3v) is 3.14. The number of fused-ring (bicyclic) bond motifs is 1. The zero-order valence-electron chi connectivity index (χ0n) is 8.89. The summed E-state index contributed by atoms with van der Waals surface area (Å²) in [4.78, 5) is 15.8. The first kappa shape index (κ1) is 10.8. The van der Waals surface area contributed by atoms with Crippen molar-refractivity contribution in [3.05, 3.63) is 18.0 Å². The van der Waals surface area contributed by atoms with Gasteiger partial charge >= 0.3 is 5.97 Å². The van der Waals surface area contributed by atoms with Gasteiger partial charge in [-0.25, -0.2) is 4.98 Å². The van der Waals surface area contributed by atoms with E-state index in [4.69, 9.17) is 5.11 Å². The quantitative estimate of drug-likeness (QED) is 0.852. The molecule has 2 rings (SSSR count). The number of carboxylic acids is 1. The van der Waals surface area contributed by atoms with Crippen molar-refractivity contribution in [2.75, 3.05) is 5.32 Å². The Morgan fingerprint density at radius 3 is 3.06 bits per heavy atom. The van der Waals surface area contributed by atoms with Crippen LogP contribution in [0.2, 0.25) is 0 Å². The molecular formula is C10H11N3O2S. The van der Waals surface area contributed by atoms with E-state index in [1.165, 1.54) is 11.5 Å². The Bertz CT molecular complexity index is 538. The van der Waals surface area contributed by atoms with Crippen LogP contribution in [0.5, 0.6) is 0 Å². The fraction of sp³-hybridized carbons (Fsp3) is 0.300. The van der Waals surface area contributed by atoms with Gasteiger partial charge in [0.15, 0.2) is 0 Å². The Balaban J connectivity index is 2.44. The second-order valence-corrected chi connectivity index (χ2v) is 4.26. The van der Waals surface area contributed by atoms with Crippen molar-refractivity contribution in [3.63, 3.8) is 0 Å². The molecule has 0 aliphatic carbocycles. The number of carboxylic acid groups (broad SMARTS) is 1. The second-order valence-electron chi connectivity index (χ2n) is 3.51. The summed E-state index contributed by atoms with van der Waals surface area (Å²) in [5.74, 6) is -0.884. The van der Waals surface area contributed by atoms with E-state index in [1.807, 2.05) is 6.92 Å². The first-order chi connectivity index (χ1) is 7.59. The lowest BCUT2D eigenvalue weighted by Gasteiger charge is -2.11. The van der Waals surface area contributed by atoms with E-state index in [-0.39, 0.29) is 0 Å². The van der Waals surface area contributed by atoms with E-state index < -0.39 is 12.0 Å². The highest BCUT2D eigenvalue weighted by atomic mass is 32.1. The van der Waals surface area contributed by atoms with Crippen molar-refractivity contribution >= 4 is 33.4 Å². The smallest absolute Gasteiger partial charge is 0.325 e. The topological polar surface area (TPSA) is 75.1 Å². The molecule has 16 heavy (non-hydrogen) atoms. The van der Waals surface area contributed by atoms with Gasteiger partial charge in [0.05, 0.1) is 11.1 Å². The first-order valence-corrected chi connectivity index (χ1v) is 5.57. The molecule has 2 N–H and O–H groups in total. The summed E-state index contributed by atoms with van der Waals surface area (Å²) in [7, 11) is 0. The van der Waals surface area contributed by atoms with E-state index >= 15 is 0 Å². The van der Waals surface area contributed by atoms with E-state index in [9.17, 15) is 4.79 Å². The fourth-order valence-electron chi connectivity index (χ4n) is 1.43. The summed E-state index contributed by atoms with van der Waals surface area (Å²) in [6.45, 7) is 3.49. The Kier molecular flexibility index (Phi) is 2.74. The third-order valence-electron chi connectivity index (χ3n) is 2.29. The summed E-state index contributed by atoms with van der Waals surface area (Å²) >= 11 is 1.32. The van der Waals surface area contributed by atoms with Gasteiger partial charge in [-0.1, -0.05) is 0 Å². The van der Waals surface area contributed by atoms with E-state index in [0.717, 1.165) is 21.6 Å². The van der Waals surface area contributed by atoms with Crippen LogP contribution >= 0.6 is 11.5 Å². The lowest BCUT2D eigenvalue weighted by molar-refractivity contribution is -0.137. The Morgan fingerprint density at radius 2 is 2.38 bits per heavy atom. The maximum atomic E-state index is 10.8. The molecule has 0 radical (unpaired) electrons. The van der Waals surface area contributed by atoms with Crippen LogP contribution < -0.4 is 5.32 Å². The number of nitrogens with zero attached hydrogens (tertiary/aromatic N) is 2. The summed E-state index contributed by atoms with van der Waals surface area (Å²) in [6, 6.07) is 1.13. The van der Waals surface area contributed by atoms with E-state index in [0.29, 0.717) is 0 Å². The van der Waals surface area contributed by atoms with Crippen LogP contribution in [0.3, 0.4) is 0 Å². The van der Waals surface area contributed by atoms with Gasteiger partial charge in [-0.15, -0.1) is 0 Å². The number of aliphatic carboxylic acids is 1. The first-order valence-electron chi connectivity index (χ1n) is 4.80. The van der Waals surface area contributed by atoms with Crippen LogP contribution in [0.15, 0.2) is 12.3 Å². The number of hydrogen-bond acceptors (Lipinski definition) is 5. The molecule has 0 aliphatic heterocycles. The SMILES string of the molecule is Cc1nsc2nccc(NC(C)C(=O)O)c12. The van der Waals surface area contributed by atoms with Crippen LogP contribution in [0, 0.1) is 6.92 Å². The zero-order chi connectivity index (χ0) is 11.7. The van der Waals surface area contributed by atoms with Crippen molar-refractivity contribution in [1.82, 2.24) is 9.36 Å². The Morgan fingerprint density at radius 1 is 1.62 bits per heavy atom. The molecule has 0 amide bonds. The van der Waals surface area contributed by atoms with E-state index in [1.54, 1.807) is 19.2 Å². The van der Waals surface area contributed by atoms with Crippen LogP contribution in [-0.4, -0.2) is 26.5 Å². The highest BCUT2D eigenvalue weighted by Crippen LogP contribution is 2.27. The Hall–Kier alpha value is -1.69. The van der Waals surface area contributed by atoms with Crippen molar-refractivity contribution in [2.24, 2.45) is 0 Å². The third kappa shape index (κ3) is 1.83. The molecule has 0 spiro atoms. The molecule has 0 aliphatic rings. The molecule has 2 aromatic heterocycles. The van der Waals surface area contributed by atoms with Crippen molar-refractivity contribution < 1.29 is 9.90 Å². The number of aromatic nitrogens is 2. The van der Waals surface area contributed by atoms with Crippen LogP contribution in [0.4, 0.5) is 5.69 Å². The normalized spacial score (nSPS) is 12.6. The minimum atomic E-state index is -0.884. The second kappa shape index (κ2) is 4.05. The molecule has 0 fully saturated rings. The Labute approximate surface area is 96.3 Å². The molecule has 2 aromatic rings. The monoisotopic (exact) mass is 237 g/mol. The molecule has 0 saturated carbocycles. The largest absolute Gasteiger partial charge is 0.480 e. The summed E-state index contributed by atoms with van der Waals surface area (Å²) in [5.41, 5.74) is 1.64. The van der Waals surface area contributed by atoms with E-state index in [2.05, 4.69) is 14.7 Å². The molecule has 0 aromatic carbocycles. The molecule has 84 valence electrons. The van der Waals surface area contributed by atoms with Gasteiger partial charge in [0.1, 0.15) is 10.9 Å². The van der Waals surface area contributed by atoms with Gasteiger partial charge in [0, 0.05) is 11.9 Å². The van der Waals surface area contributed by atoms with Gasteiger partial charge in [-0.05, 0) is 31.4 Å². The van der Waals surface area contributed by atoms with Crippen LogP contribution in [-0.2, 0) is 4.79 Å². The van der Waals surface area contributed by atoms with Crippen molar-refractivity contribution in [1.29, 1.82) is 0 Å². The number of nitrogens with one attached hydrogen (secondary N) is 1. The average molecular weight is 237 g/mol. The average Bonchev–Trinajstić information content (AvgIpc) is 2.61. The molecule has 1 atom stereocenters. The van der Waals surface area contributed by atoms with Crippen molar-refractivity contribution in [2.45, 2.75) is 19.9 Å². The van der Waals surface area contributed by atoms with Gasteiger partial charge in [0.2, 0.25) is 0 Å². The predicted octanol–water partition coefficient (Wildman–Crippen LogP) is 1.88. The predicted molar refractivity (Wildman–Crippen MR) is 62.9 cm³/mol. The highest BCUT2D eigenvalue weighted by Gasteiger charge is 2.14. The lowest BCUT2D eigenvalue weighted by Crippen LogP contribution is -2.25. The number of rotatable bonds is 3. The molecule has 5 nitrogen and oxygen atoms in total. The fourth-order valence-corrected chi connectivity index (χ4v) is 2.21. The zero-order valence-corrected chi connectivity index (χ0v) is 9.71.